The number of ether oxygens (including phenoxy) is 4. The molecule has 0 saturated carbocycles. The number of carbonyl (C=O) groups is 4. The Kier molecular flexibility index (Phi) is 18.0. The first-order valence-electron chi connectivity index (χ1n) is 21.0. The van der Waals surface area contributed by atoms with E-state index in [-0.39, 0.29) is 50.5 Å². The van der Waals surface area contributed by atoms with Crippen molar-refractivity contribution in [3.05, 3.63) is 82.9 Å². The maximum atomic E-state index is 13.8. The number of benzene rings is 2. The molecule has 1 fully saturated rings. The predicted octanol–water partition coefficient (Wildman–Crippen LogP) is 7.25. The SMILES string of the molecule is CCCCCC1(CCCCC)OC2C=C(C(=O)NCCC(=O)NC(CO)CCC(=O)OC(C)(C)C)CC(OC(=O)c3cccc(C=CCc4ccccc4O)c3)C2O1. The van der Waals surface area contributed by atoms with Crippen molar-refractivity contribution in [1.29, 1.82) is 0 Å². The van der Waals surface area contributed by atoms with Crippen LogP contribution in [0.3, 0.4) is 0 Å². The van der Waals surface area contributed by atoms with Crippen LogP contribution in [0.1, 0.15) is 133 Å². The second-order valence-corrected chi connectivity index (χ2v) is 16.3. The summed E-state index contributed by atoms with van der Waals surface area (Å²) in [5.41, 5.74) is 1.66. The Morgan fingerprint density at radius 1 is 0.966 bits per heavy atom. The number of phenolic OH excluding ortho intramolecular Hbond substituents is 1. The maximum absolute atomic E-state index is 13.8. The van der Waals surface area contributed by atoms with Crippen LogP contribution in [0.15, 0.2) is 66.3 Å². The molecule has 4 N–H and O–H groups in total. The van der Waals surface area contributed by atoms with Crippen LogP contribution in [-0.2, 0) is 39.8 Å². The van der Waals surface area contributed by atoms with Gasteiger partial charge in [0.2, 0.25) is 11.8 Å². The number of nitrogens with one attached hydrogen (secondary N) is 2. The van der Waals surface area contributed by atoms with Crippen molar-refractivity contribution in [2.24, 2.45) is 0 Å². The van der Waals surface area contributed by atoms with Crippen LogP contribution in [-0.4, -0.2) is 82.9 Å². The number of esters is 2. The highest BCUT2D eigenvalue weighted by Gasteiger charge is 2.52. The Hall–Kier alpha value is -4.52. The Bertz CT molecular complexity index is 1720. The third-order valence-electron chi connectivity index (χ3n) is 10.2. The molecule has 12 heteroatoms. The highest BCUT2D eigenvalue weighted by atomic mass is 16.8. The van der Waals surface area contributed by atoms with Crippen LogP contribution in [0, 0.1) is 0 Å². The fourth-order valence-corrected chi connectivity index (χ4v) is 7.18. The summed E-state index contributed by atoms with van der Waals surface area (Å²) < 4.78 is 25.0. The molecule has 0 radical (unpaired) electrons. The van der Waals surface area contributed by atoms with Crippen LogP contribution >= 0.6 is 0 Å². The van der Waals surface area contributed by atoms with Gasteiger partial charge in [-0.3, -0.25) is 14.4 Å². The Labute approximate surface area is 343 Å². The lowest BCUT2D eigenvalue weighted by Crippen LogP contribution is -2.44. The first-order chi connectivity index (χ1) is 27.7. The van der Waals surface area contributed by atoms with Crippen molar-refractivity contribution >= 4 is 29.8 Å². The number of amides is 2. The van der Waals surface area contributed by atoms with Gasteiger partial charge >= 0.3 is 11.9 Å². The molecule has 1 aliphatic heterocycles. The van der Waals surface area contributed by atoms with Crippen LogP contribution < -0.4 is 10.6 Å². The van der Waals surface area contributed by atoms with E-state index >= 15 is 0 Å². The highest BCUT2D eigenvalue weighted by molar-refractivity contribution is 5.94. The molecule has 0 aromatic heterocycles. The van der Waals surface area contributed by atoms with Gasteiger partial charge in [-0.2, -0.15) is 0 Å². The van der Waals surface area contributed by atoms with Crippen LogP contribution in [0.2, 0.25) is 0 Å². The van der Waals surface area contributed by atoms with Gasteiger partial charge in [0, 0.05) is 44.2 Å². The summed E-state index contributed by atoms with van der Waals surface area (Å²) in [4.78, 5) is 52.3. The summed E-state index contributed by atoms with van der Waals surface area (Å²) in [5, 5.41) is 25.4. The number of unbranched alkanes of at least 4 members (excludes halogenated alkanes) is 4. The van der Waals surface area contributed by atoms with E-state index < -0.39 is 53.6 Å². The minimum Gasteiger partial charge on any atom is -0.508 e. The molecule has 4 rings (SSSR count). The average Bonchev–Trinajstić information content (AvgIpc) is 3.55. The number of carbonyl (C=O) groups excluding carboxylic acids is 4. The maximum Gasteiger partial charge on any atom is 0.338 e. The van der Waals surface area contributed by atoms with Gasteiger partial charge in [0.1, 0.15) is 29.7 Å². The van der Waals surface area contributed by atoms with E-state index in [9.17, 15) is 29.4 Å². The molecule has 2 aliphatic rings. The van der Waals surface area contributed by atoms with E-state index in [4.69, 9.17) is 18.9 Å². The molecule has 1 saturated heterocycles. The smallest absolute Gasteiger partial charge is 0.338 e. The summed E-state index contributed by atoms with van der Waals surface area (Å²) in [6.45, 7) is 9.26. The van der Waals surface area contributed by atoms with Crippen molar-refractivity contribution in [2.75, 3.05) is 13.2 Å². The quantitative estimate of drug-likeness (QED) is 0.0703. The Balaban J connectivity index is 1.44. The molecular weight excluding hydrogens is 741 g/mol. The lowest BCUT2D eigenvalue weighted by atomic mass is 9.91. The zero-order chi connectivity index (χ0) is 42.1. The fraction of sp³-hybridized carbons (Fsp3) is 0.565. The number of fused-ring (bicyclic) bond motifs is 1. The van der Waals surface area contributed by atoms with Crippen molar-refractivity contribution in [2.45, 2.75) is 154 Å². The first kappa shape index (κ1) is 46.2. The second-order valence-electron chi connectivity index (χ2n) is 16.3. The number of allylic oxidation sites excluding steroid dienone is 1. The molecular formula is C46H64N2O10. The topological polar surface area (TPSA) is 170 Å². The van der Waals surface area contributed by atoms with Crippen molar-refractivity contribution < 1.29 is 48.3 Å². The van der Waals surface area contributed by atoms with Gasteiger partial charge in [0.05, 0.1) is 18.2 Å². The van der Waals surface area contributed by atoms with Gasteiger partial charge in [0.25, 0.3) is 0 Å². The standard InChI is InChI=1S/C46H64N2O10/c1-6-8-12-25-46(26-13-9-7-2)56-39-30-35(43(53)47-27-24-40(51)48-36(31-49)22-23-41(52)57-45(3,4)5)29-38(42(39)58-46)55-44(54)34-20-15-17-32(28-34)16-14-19-33-18-10-11-21-37(33)50/h10-11,14-18,20-21,28,30,36,38-39,42,49-50H,6-9,12-13,19,22-27,29,31H2,1-5H3,(H,47,53)(H,48,51). The molecule has 2 aromatic carbocycles. The highest BCUT2D eigenvalue weighted by Crippen LogP contribution is 2.43. The van der Waals surface area contributed by atoms with Gasteiger partial charge in [-0.25, -0.2) is 4.79 Å². The van der Waals surface area contributed by atoms with Crippen LogP contribution in [0.5, 0.6) is 5.75 Å². The fourth-order valence-electron chi connectivity index (χ4n) is 7.18. The number of para-hydroxylation sites is 1. The van der Waals surface area contributed by atoms with Gasteiger partial charge < -0.3 is 39.8 Å². The van der Waals surface area contributed by atoms with Crippen molar-refractivity contribution in [1.82, 2.24) is 10.6 Å². The number of rotatable bonds is 22. The number of aromatic hydroxyl groups is 1. The molecule has 58 heavy (non-hydrogen) atoms. The van der Waals surface area contributed by atoms with Gasteiger partial charge in [-0.15, -0.1) is 0 Å². The summed E-state index contributed by atoms with van der Waals surface area (Å²) in [5.74, 6) is -2.42. The largest absolute Gasteiger partial charge is 0.508 e. The Morgan fingerprint density at radius 2 is 1.69 bits per heavy atom. The minimum atomic E-state index is -0.866. The molecule has 0 bridgehead atoms. The normalized spacial score (nSPS) is 19.2. The minimum absolute atomic E-state index is 0.0182. The molecule has 2 aromatic rings. The Morgan fingerprint density at radius 3 is 2.36 bits per heavy atom. The van der Waals surface area contributed by atoms with Gasteiger partial charge in [-0.1, -0.05) is 82.0 Å². The van der Waals surface area contributed by atoms with E-state index in [0.29, 0.717) is 30.4 Å². The third kappa shape index (κ3) is 14.7. The van der Waals surface area contributed by atoms with Gasteiger partial charge in [-0.05, 0) is 81.9 Å². The predicted molar refractivity (Wildman–Crippen MR) is 222 cm³/mol. The molecule has 4 unspecified atom stereocenters. The molecule has 4 atom stereocenters. The first-order valence-corrected chi connectivity index (χ1v) is 21.0. The summed E-state index contributed by atoms with van der Waals surface area (Å²) >= 11 is 0. The third-order valence-corrected chi connectivity index (χ3v) is 10.2. The lowest BCUT2D eigenvalue weighted by molar-refractivity contribution is -0.190. The van der Waals surface area contributed by atoms with Crippen LogP contribution in [0.4, 0.5) is 0 Å². The number of aliphatic hydroxyl groups excluding tert-OH is 1. The zero-order valence-corrected chi connectivity index (χ0v) is 34.9. The number of hydrogen-bond donors (Lipinski definition) is 4. The zero-order valence-electron chi connectivity index (χ0n) is 34.9. The van der Waals surface area contributed by atoms with Crippen molar-refractivity contribution in [3.8, 4) is 5.75 Å². The molecule has 1 heterocycles. The number of hydrogen-bond acceptors (Lipinski definition) is 10. The number of aliphatic hydroxyl groups is 1. The van der Waals surface area contributed by atoms with E-state index in [0.717, 1.165) is 49.7 Å². The molecule has 318 valence electrons. The van der Waals surface area contributed by atoms with Gasteiger partial charge in [0.15, 0.2) is 5.79 Å². The molecule has 12 nitrogen and oxygen atoms in total. The average molecular weight is 805 g/mol. The lowest BCUT2D eigenvalue weighted by Gasteiger charge is -2.31. The molecule has 2 amide bonds. The van der Waals surface area contributed by atoms with Crippen molar-refractivity contribution in [3.63, 3.8) is 0 Å². The summed E-state index contributed by atoms with van der Waals surface area (Å²) in [7, 11) is 0. The van der Waals surface area contributed by atoms with E-state index in [2.05, 4.69) is 24.5 Å². The monoisotopic (exact) mass is 804 g/mol. The summed E-state index contributed by atoms with van der Waals surface area (Å²) in [6.07, 6.45) is 11.6. The van der Waals surface area contributed by atoms with E-state index in [1.165, 1.54) is 0 Å². The van der Waals surface area contributed by atoms with E-state index in [1.54, 1.807) is 57.2 Å². The number of phenols is 1. The molecule has 0 spiro atoms. The van der Waals surface area contributed by atoms with E-state index in [1.807, 2.05) is 30.4 Å². The second kappa shape index (κ2) is 22.6. The summed E-state index contributed by atoms with van der Waals surface area (Å²) in [6, 6.07) is 13.6. The van der Waals surface area contributed by atoms with Crippen LogP contribution in [0.25, 0.3) is 6.08 Å². The molecule has 1 aliphatic carbocycles.